The van der Waals surface area contributed by atoms with Crippen molar-refractivity contribution >= 4 is 28.8 Å². The minimum Gasteiger partial charge on any atom is -0.496 e. The number of aryl methyl sites for hydroxylation is 1. The largest absolute Gasteiger partial charge is 0.496 e. The first kappa shape index (κ1) is 22.2. The van der Waals surface area contributed by atoms with E-state index in [4.69, 9.17) is 21.3 Å². The van der Waals surface area contributed by atoms with Crippen molar-refractivity contribution < 1.29 is 4.74 Å². The molecule has 0 fully saturated rings. The van der Waals surface area contributed by atoms with Gasteiger partial charge in [-0.15, -0.1) is 11.3 Å². The summed E-state index contributed by atoms with van der Waals surface area (Å²) in [5.74, 6) is 1.45. The maximum absolute atomic E-state index is 9.21. The number of methoxy groups -OCH3 is 1. The summed E-state index contributed by atoms with van der Waals surface area (Å²) in [6.45, 7) is 11.8. The Kier molecular flexibility index (Phi) is 7.45. The molecule has 0 saturated heterocycles. The number of hydrogen-bond acceptors (Lipinski definition) is 4. The highest BCUT2D eigenvalue weighted by Gasteiger charge is 2.19. The van der Waals surface area contributed by atoms with Crippen molar-refractivity contribution in [1.82, 2.24) is 4.57 Å². The quantitative estimate of drug-likeness (QED) is 0.371. The molecule has 1 heterocycles. The van der Waals surface area contributed by atoms with E-state index in [1.807, 2.05) is 6.19 Å². The van der Waals surface area contributed by atoms with E-state index in [2.05, 4.69) is 50.4 Å². The van der Waals surface area contributed by atoms with Gasteiger partial charge < -0.3 is 9.30 Å². The van der Waals surface area contributed by atoms with Crippen LogP contribution in [0.1, 0.15) is 51.5 Å². The number of thiazole rings is 1. The lowest BCUT2D eigenvalue weighted by molar-refractivity contribution is 0.414. The number of benzene rings is 1. The zero-order valence-corrected chi connectivity index (χ0v) is 18.9. The van der Waals surface area contributed by atoms with Gasteiger partial charge in [0.1, 0.15) is 5.75 Å². The fourth-order valence-electron chi connectivity index (χ4n) is 2.51. The van der Waals surface area contributed by atoms with Crippen LogP contribution in [0, 0.1) is 17.4 Å². The smallest absolute Gasteiger partial charge is 0.207 e. The second-order valence-electron chi connectivity index (χ2n) is 8.00. The fraction of sp³-hybridized carbons (Fsp3) is 0.476. The predicted molar refractivity (Wildman–Crippen MR) is 116 cm³/mol. The van der Waals surface area contributed by atoms with E-state index in [1.165, 1.54) is 4.88 Å². The Morgan fingerprint density at radius 3 is 2.64 bits per heavy atom. The van der Waals surface area contributed by atoms with Gasteiger partial charge in [0, 0.05) is 22.6 Å². The lowest BCUT2D eigenvalue weighted by Gasteiger charge is -2.14. The van der Waals surface area contributed by atoms with Crippen LogP contribution in [0.15, 0.2) is 34.4 Å². The van der Waals surface area contributed by atoms with Gasteiger partial charge >= 0.3 is 0 Å². The number of rotatable bonds is 5. The van der Waals surface area contributed by atoms with Crippen molar-refractivity contribution in [3.8, 4) is 11.9 Å². The molecule has 0 aliphatic rings. The minimum absolute atomic E-state index is 0.0122. The second-order valence-corrected chi connectivity index (χ2v) is 9.44. The molecule has 2 rings (SSSR count). The topological polar surface area (TPSA) is 62.7 Å². The molecule has 0 atom stereocenters. The average molecular weight is 419 g/mol. The van der Waals surface area contributed by atoms with Crippen LogP contribution in [0.3, 0.4) is 0 Å². The average Bonchev–Trinajstić information content (AvgIpc) is 3.03. The summed E-state index contributed by atoms with van der Waals surface area (Å²) in [5, 5.41) is 9.75. The molecule has 1 aromatic carbocycles. The van der Waals surface area contributed by atoms with Crippen LogP contribution in [0.2, 0.25) is 5.02 Å². The molecule has 0 bridgehead atoms. The third-order valence-electron chi connectivity index (χ3n) is 4.17. The molecule has 5 nitrogen and oxygen atoms in total. The molecule has 0 radical (unpaired) electrons. The molecule has 0 unspecified atom stereocenters. The number of ether oxygens (including phenoxy) is 1. The van der Waals surface area contributed by atoms with E-state index in [-0.39, 0.29) is 5.41 Å². The van der Waals surface area contributed by atoms with Crippen molar-refractivity contribution in [2.45, 2.75) is 53.0 Å². The molecule has 2 aromatic rings. The van der Waals surface area contributed by atoms with Gasteiger partial charge in [-0.05, 0) is 36.0 Å². The van der Waals surface area contributed by atoms with Crippen LogP contribution in [0.4, 0.5) is 0 Å². The third kappa shape index (κ3) is 5.70. The number of aromatic nitrogens is 1. The molecule has 7 heteroatoms. The summed E-state index contributed by atoms with van der Waals surface area (Å²) in [4.78, 5) is 10.7. The highest BCUT2D eigenvalue weighted by atomic mass is 35.5. The highest BCUT2D eigenvalue weighted by molar-refractivity contribution is 7.09. The molecule has 150 valence electrons. The van der Waals surface area contributed by atoms with Gasteiger partial charge in [0.2, 0.25) is 6.19 Å². The Labute approximate surface area is 176 Å². The first-order valence-corrected chi connectivity index (χ1v) is 10.4. The van der Waals surface area contributed by atoms with Gasteiger partial charge in [-0.25, -0.2) is 0 Å². The van der Waals surface area contributed by atoms with E-state index >= 15 is 0 Å². The summed E-state index contributed by atoms with van der Waals surface area (Å²) in [5.41, 5.74) is 0.607. The van der Waals surface area contributed by atoms with Gasteiger partial charge in [-0.1, -0.05) is 46.2 Å². The lowest BCUT2D eigenvalue weighted by atomic mass is 9.95. The summed E-state index contributed by atoms with van der Waals surface area (Å²) in [7, 11) is 1.57. The SMILES string of the molecule is COc1ccc(Cl)cc1C(=NC#N)N=c1sc(C(C)(C)C)cn1CCC(C)C. The van der Waals surface area contributed by atoms with Crippen LogP contribution in [-0.4, -0.2) is 17.5 Å². The standard InChI is InChI=1S/C21H27ClN4OS/c1-14(2)9-10-26-12-18(21(3,4)5)28-20(26)25-19(24-13-23)16-11-15(22)7-8-17(16)27-6/h7-8,11-12,14H,9-10H2,1-6H3. The minimum atomic E-state index is 0.0122. The van der Waals surface area contributed by atoms with Crippen molar-refractivity contribution in [2.24, 2.45) is 15.9 Å². The Hall–Kier alpha value is -2.10. The van der Waals surface area contributed by atoms with Gasteiger partial charge in [-0.2, -0.15) is 15.2 Å². The van der Waals surface area contributed by atoms with Gasteiger partial charge in [-0.3, -0.25) is 0 Å². The first-order valence-electron chi connectivity index (χ1n) is 9.22. The number of hydrogen-bond donors (Lipinski definition) is 0. The third-order valence-corrected chi connectivity index (χ3v) is 5.85. The molecule has 0 N–H and O–H groups in total. The van der Waals surface area contributed by atoms with Gasteiger partial charge in [0.15, 0.2) is 10.6 Å². The van der Waals surface area contributed by atoms with E-state index in [1.54, 1.807) is 36.6 Å². The van der Waals surface area contributed by atoms with E-state index in [0.717, 1.165) is 17.8 Å². The molecule has 28 heavy (non-hydrogen) atoms. The normalized spacial score (nSPS) is 13.1. The molecule has 0 aliphatic heterocycles. The van der Waals surface area contributed by atoms with Crippen LogP contribution in [-0.2, 0) is 12.0 Å². The Morgan fingerprint density at radius 1 is 1.36 bits per heavy atom. The van der Waals surface area contributed by atoms with Crippen LogP contribution in [0.25, 0.3) is 0 Å². The first-order chi connectivity index (χ1) is 13.2. The molecule has 1 aromatic heterocycles. The van der Waals surface area contributed by atoms with Gasteiger partial charge in [0.05, 0.1) is 12.7 Å². The molecular weight excluding hydrogens is 392 g/mol. The zero-order valence-electron chi connectivity index (χ0n) is 17.3. The summed E-state index contributed by atoms with van der Waals surface area (Å²) in [6.07, 6.45) is 5.05. The molecule has 0 aliphatic carbocycles. The number of halogens is 1. The number of amidine groups is 1. The predicted octanol–water partition coefficient (Wildman–Crippen LogP) is 5.38. The van der Waals surface area contributed by atoms with Crippen LogP contribution >= 0.6 is 22.9 Å². The molecule has 0 spiro atoms. The van der Waals surface area contributed by atoms with E-state index < -0.39 is 0 Å². The van der Waals surface area contributed by atoms with Crippen molar-refractivity contribution in [2.75, 3.05) is 7.11 Å². The number of nitrogens with zero attached hydrogens (tertiary/aromatic N) is 4. The van der Waals surface area contributed by atoms with Gasteiger partial charge in [0.25, 0.3) is 0 Å². The van der Waals surface area contributed by atoms with Crippen molar-refractivity contribution in [1.29, 1.82) is 5.26 Å². The number of nitriles is 1. The van der Waals surface area contributed by atoms with Crippen molar-refractivity contribution in [3.63, 3.8) is 0 Å². The number of aliphatic imine (C=N–C) groups is 1. The molecule has 0 amide bonds. The zero-order chi connectivity index (χ0) is 20.9. The second kappa shape index (κ2) is 9.40. The maximum atomic E-state index is 9.21. The summed E-state index contributed by atoms with van der Waals surface area (Å²) < 4.78 is 7.57. The monoisotopic (exact) mass is 418 g/mol. The van der Waals surface area contributed by atoms with Crippen molar-refractivity contribution in [3.05, 3.63) is 44.7 Å². The highest BCUT2D eigenvalue weighted by Crippen LogP contribution is 2.26. The Balaban J connectivity index is 2.65. The summed E-state index contributed by atoms with van der Waals surface area (Å²) >= 11 is 7.78. The van der Waals surface area contributed by atoms with E-state index in [0.29, 0.717) is 28.1 Å². The molecular formula is C21H27ClN4OS. The fourth-order valence-corrected chi connectivity index (χ4v) is 3.76. The Morgan fingerprint density at radius 2 is 2.07 bits per heavy atom. The molecule has 0 saturated carbocycles. The summed E-state index contributed by atoms with van der Waals surface area (Å²) in [6, 6.07) is 5.21. The Bertz CT molecular complexity index is 958. The van der Waals surface area contributed by atoms with Crippen LogP contribution < -0.4 is 9.54 Å². The van der Waals surface area contributed by atoms with E-state index in [9.17, 15) is 5.26 Å². The maximum Gasteiger partial charge on any atom is 0.207 e. The van der Waals surface area contributed by atoms with Crippen LogP contribution in [0.5, 0.6) is 5.75 Å². The lowest BCUT2D eigenvalue weighted by Crippen LogP contribution is -2.18.